The number of rotatable bonds is 20. The van der Waals surface area contributed by atoms with Crippen molar-refractivity contribution >= 4 is 29.5 Å². The average molecular weight is 433 g/mol. The molecule has 0 spiro atoms. The molecule has 0 heterocycles. The first-order valence-corrected chi connectivity index (χ1v) is 11.7. The van der Waals surface area contributed by atoms with Crippen molar-refractivity contribution in [3.05, 3.63) is 0 Å². The van der Waals surface area contributed by atoms with Crippen LogP contribution in [0.1, 0.15) is 39.0 Å². The summed E-state index contributed by atoms with van der Waals surface area (Å²) >= 11 is 1.49. The molecule has 0 aliphatic heterocycles. The quantitative estimate of drug-likeness (QED) is 0.138. The van der Waals surface area contributed by atoms with Gasteiger partial charge in [0.15, 0.2) is 0 Å². The van der Waals surface area contributed by atoms with E-state index in [1.807, 2.05) is 0 Å². The topological polar surface area (TPSA) is 137 Å². The molecular weight excluding hydrogens is 392 g/mol. The van der Waals surface area contributed by atoms with Gasteiger partial charge in [0, 0.05) is 38.7 Å². The van der Waals surface area contributed by atoms with Gasteiger partial charge in [0.1, 0.15) is 0 Å². The standard InChI is InChI=1S/C19H40N6O3S/c1-17(26)23-13-6-18(27)25-14-15-29-16-19(28)24-12-5-11-22-9-3-2-8-21-10-4-7-20/h21-22H,2-16,20H2,1H3,(H,23,26)(H,24,28)(H,25,27). The summed E-state index contributed by atoms with van der Waals surface area (Å²) < 4.78 is 0. The van der Waals surface area contributed by atoms with E-state index in [0.717, 1.165) is 58.4 Å². The van der Waals surface area contributed by atoms with E-state index in [0.29, 0.717) is 31.1 Å². The molecule has 3 amide bonds. The molecule has 0 fully saturated rings. The number of carbonyl (C=O) groups excluding carboxylic acids is 3. The van der Waals surface area contributed by atoms with E-state index in [1.54, 1.807) is 0 Å². The fraction of sp³-hybridized carbons (Fsp3) is 0.842. The Morgan fingerprint density at radius 2 is 1.34 bits per heavy atom. The molecule has 0 saturated carbocycles. The van der Waals surface area contributed by atoms with Gasteiger partial charge in [-0.05, 0) is 58.4 Å². The van der Waals surface area contributed by atoms with Gasteiger partial charge in [0.05, 0.1) is 5.75 Å². The van der Waals surface area contributed by atoms with Crippen LogP contribution in [0.2, 0.25) is 0 Å². The molecule has 0 aliphatic rings. The normalized spacial score (nSPS) is 10.6. The Labute approximate surface area is 179 Å². The monoisotopic (exact) mass is 432 g/mol. The Kier molecular flexibility index (Phi) is 20.3. The van der Waals surface area contributed by atoms with Gasteiger partial charge < -0.3 is 32.3 Å². The highest BCUT2D eigenvalue weighted by Crippen LogP contribution is 1.97. The van der Waals surface area contributed by atoms with Crippen molar-refractivity contribution in [1.29, 1.82) is 0 Å². The summed E-state index contributed by atoms with van der Waals surface area (Å²) in [6.07, 6.45) is 4.50. The first kappa shape index (κ1) is 27.6. The van der Waals surface area contributed by atoms with Crippen LogP contribution in [0.5, 0.6) is 0 Å². The first-order valence-electron chi connectivity index (χ1n) is 10.5. The van der Waals surface area contributed by atoms with Gasteiger partial charge in [-0.15, -0.1) is 0 Å². The van der Waals surface area contributed by atoms with E-state index < -0.39 is 0 Å². The maximum atomic E-state index is 11.7. The SMILES string of the molecule is CC(=O)NCCC(=O)NCCSCC(=O)NCCCNCCCCNCCCN. The molecule has 170 valence electrons. The third kappa shape index (κ3) is 22.8. The van der Waals surface area contributed by atoms with Gasteiger partial charge in [-0.3, -0.25) is 14.4 Å². The second-order valence-electron chi connectivity index (χ2n) is 6.69. The van der Waals surface area contributed by atoms with Gasteiger partial charge in [0.25, 0.3) is 0 Å². The molecule has 0 saturated heterocycles. The van der Waals surface area contributed by atoms with E-state index in [4.69, 9.17) is 5.73 Å². The van der Waals surface area contributed by atoms with Gasteiger partial charge in [-0.2, -0.15) is 11.8 Å². The second kappa shape index (κ2) is 21.4. The van der Waals surface area contributed by atoms with Gasteiger partial charge in [0.2, 0.25) is 17.7 Å². The molecule has 0 rings (SSSR count). The van der Waals surface area contributed by atoms with Crippen LogP contribution in [-0.4, -0.2) is 81.6 Å². The van der Waals surface area contributed by atoms with Crippen LogP contribution in [0.25, 0.3) is 0 Å². The van der Waals surface area contributed by atoms with Crippen molar-refractivity contribution in [3.63, 3.8) is 0 Å². The second-order valence-corrected chi connectivity index (χ2v) is 7.79. The Balaban J connectivity index is 3.28. The Hall–Kier alpha value is -1.36. The molecule has 7 N–H and O–H groups in total. The summed E-state index contributed by atoms with van der Waals surface area (Å²) in [5.41, 5.74) is 5.43. The fourth-order valence-electron chi connectivity index (χ4n) is 2.34. The summed E-state index contributed by atoms with van der Waals surface area (Å²) in [7, 11) is 0. The highest BCUT2D eigenvalue weighted by molar-refractivity contribution is 7.99. The molecule has 0 aromatic rings. The summed E-state index contributed by atoms with van der Waals surface area (Å²) in [6, 6.07) is 0. The molecule has 0 aromatic heterocycles. The molecule has 9 nitrogen and oxygen atoms in total. The third-order valence-corrected chi connectivity index (χ3v) is 4.85. The van der Waals surface area contributed by atoms with Gasteiger partial charge in [-0.25, -0.2) is 0 Å². The summed E-state index contributed by atoms with van der Waals surface area (Å²) in [5, 5.41) is 15.0. The lowest BCUT2D eigenvalue weighted by molar-refractivity contribution is -0.121. The number of thioether (sulfide) groups is 1. The van der Waals surface area contributed by atoms with E-state index >= 15 is 0 Å². The van der Waals surface area contributed by atoms with Gasteiger partial charge >= 0.3 is 0 Å². The van der Waals surface area contributed by atoms with E-state index in [9.17, 15) is 14.4 Å². The van der Waals surface area contributed by atoms with Crippen LogP contribution in [0, 0.1) is 0 Å². The molecule has 0 unspecified atom stereocenters. The van der Waals surface area contributed by atoms with Crippen molar-refractivity contribution in [2.75, 3.05) is 63.9 Å². The number of hydrogen-bond donors (Lipinski definition) is 6. The number of nitrogens with one attached hydrogen (secondary N) is 5. The first-order chi connectivity index (χ1) is 14.1. The smallest absolute Gasteiger partial charge is 0.229 e. The van der Waals surface area contributed by atoms with E-state index in [2.05, 4.69) is 26.6 Å². The van der Waals surface area contributed by atoms with Crippen LogP contribution in [0.15, 0.2) is 0 Å². The average Bonchev–Trinajstić information content (AvgIpc) is 2.68. The summed E-state index contributed by atoms with van der Waals surface area (Å²) in [4.78, 5) is 33.9. The zero-order valence-electron chi connectivity index (χ0n) is 17.8. The van der Waals surface area contributed by atoms with Crippen molar-refractivity contribution < 1.29 is 14.4 Å². The highest BCUT2D eigenvalue weighted by Gasteiger charge is 2.03. The van der Waals surface area contributed by atoms with Crippen molar-refractivity contribution in [3.8, 4) is 0 Å². The summed E-state index contributed by atoms with van der Waals surface area (Å²) in [6.45, 7) is 7.63. The van der Waals surface area contributed by atoms with Crippen molar-refractivity contribution in [2.24, 2.45) is 5.73 Å². The molecule has 0 bridgehead atoms. The molecule has 0 radical (unpaired) electrons. The Morgan fingerprint density at radius 1 is 0.724 bits per heavy atom. The molecule has 0 atom stereocenters. The van der Waals surface area contributed by atoms with Crippen LogP contribution >= 0.6 is 11.8 Å². The minimum absolute atomic E-state index is 0.0236. The Morgan fingerprint density at radius 3 is 2.00 bits per heavy atom. The lowest BCUT2D eigenvalue weighted by atomic mass is 10.3. The molecule has 0 aliphatic carbocycles. The van der Waals surface area contributed by atoms with E-state index in [1.165, 1.54) is 18.7 Å². The van der Waals surface area contributed by atoms with Crippen LogP contribution < -0.4 is 32.3 Å². The summed E-state index contributed by atoms with van der Waals surface area (Å²) in [5.74, 6) is 0.862. The highest BCUT2D eigenvalue weighted by atomic mass is 32.2. The molecule has 29 heavy (non-hydrogen) atoms. The zero-order chi connectivity index (χ0) is 21.6. The third-order valence-electron chi connectivity index (χ3n) is 3.90. The lowest BCUT2D eigenvalue weighted by Crippen LogP contribution is -2.31. The maximum Gasteiger partial charge on any atom is 0.229 e. The number of hydrogen-bond acceptors (Lipinski definition) is 7. The minimum atomic E-state index is -0.141. The number of nitrogens with two attached hydrogens (primary N) is 1. The zero-order valence-corrected chi connectivity index (χ0v) is 18.6. The number of unbranched alkanes of at least 4 members (excludes halogenated alkanes) is 1. The van der Waals surface area contributed by atoms with E-state index in [-0.39, 0.29) is 24.1 Å². The van der Waals surface area contributed by atoms with Crippen LogP contribution in [0.3, 0.4) is 0 Å². The predicted octanol–water partition coefficient (Wildman–Crippen LogP) is -0.823. The van der Waals surface area contributed by atoms with Crippen molar-refractivity contribution in [1.82, 2.24) is 26.6 Å². The Bertz CT molecular complexity index is 440. The maximum absolute atomic E-state index is 11.7. The van der Waals surface area contributed by atoms with Crippen molar-refractivity contribution in [2.45, 2.75) is 39.0 Å². The molecule has 10 heteroatoms. The largest absolute Gasteiger partial charge is 0.356 e. The van der Waals surface area contributed by atoms with Crippen LogP contribution in [-0.2, 0) is 14.4 Å². The number of amides is 3. The molecular formula is C19H40N6O3S. The molecule has 0 aromatic carbocycles. The lowest BCUT2D eigenvalue weighted by Gasteiger charge is -2.08. The minimum Gasteiger partial charge on any atom is -0.356 e. The number of carbonyl (C=O) groups is 3. The fourth-order valence-corrected chi connectivity index (χ4v) is 3.02. The predicted molar refractivity (Wildman–Crippen MR) is 120 cm³/mol. The van der Waals surface area contributed by atoms with Gasteiger partial charge in [-0.1, -0.05) is 0 Å². The van der Waals surface area contributed by atoms with Crippen LogP contribution in [0.4, 0.5) is 0 Å².